The number of nitrogens with one attached hydrogen (secondary N) is 1. The summed E-state index contributed by atoms with van der Waals surface area (Å²) in [6, 6.07) is 0. The molecule has 1 rings (SSSR count). The Balaban J connectivity index is 3.50. The maximum absolute atomic E-state index is 11.3. The van der Waals surface area contributed by atoms with E-state index in [-0.39, 0.29) is 0 Å². The Morgan fingerprint density at radius 2 is 2.06 bits per heavy atom. The zero-order valence-corrected chi connectivity index (χ0v) is 21.7. The van der Waals surface area contributed by atoms with Gasteiger partial charge in [-0.15, -0.1) is 0 Å². The first-order valence-electron chi connectivity index (χ1n) is 4.30. The molecule has 9 heteroatoms. The minimum absolute atomic E-state index is 0.401. The predicted molar refractivity (Wildman–Crippen MR) is 56.3 cm³/mol. The third kappa shape index (κ3) is 2.94. The van der Waals surface area contributed by atoms with Gasteiger partial charge in [-0.2, -0.15) is 0 Å². The van der Waals surface area contributed by atoms with Crippen molar-refractivity contribution in [3.8, 4) is 0 Å². The molecule has 16 heavy (non-hydrogen) atoms. The molecule has 1 aromatic heterocycles. The van der Waals surface area contributed by atoms with Crippen LogP contribution < -0.4 is 11.6 Å². The quantitative estimate of drug-likeness (QED) is 0.289. The SMILES string of the molecule is Cn1[c]([Hg][Cl])c(NC=O)[c]([Hg][Cl])c1C(=O)Cl. The average molecular weight is 657 g/mol. The molecule has 0 fully saturated rings. The van der Waals surface area contributed by atoms with Crippen LogP contribution in [-0.4, -0.2) is 16.2 Å². The van der Waals surface area contributed by atoms with E-state index in [0.717, 1.165) is 6.27 Å². The normalized spacial score (nSPS) is 9.25. The molecule has 0 bridgehead atoms. The van der Waals surface area contributed by atoms with Crippen LogP contribution >= 0.6 is 28.1 Å². The molecule has 1 heterocycles. The zero-order valence-electron chi connectivity index (χ0n) is 8.39. The van der Waals surface area contributed by atoms with Crippen molar-refractivity contribution in [1.29, 1.82) is 0 Å². The van der Waals surface area contributed by atoms with Gasteiger partial charge >= 0.3 is 131 Å². The average Bonchev–Trinajstić information content (AvgIpc) is 2.51. The van der Waals surface area contributed by atoms with Crippen molar-refractivity contribution in [1.82, 2.24) is 4.57 Å². The summed E-state index contributed by atoms with van der Waals surface area (Å²) in [6.45, 7) is 0. The van der Waals surface area contributed by atoms with E-state index in [1.807, 2.05) is 0 Å². The molecule has 1 N–H and O–H groups in total. The van der Waals surface area contributed by atoms with E-state index < -0.39 is 51.9 Å². The third-order valence-corrected chi connectivity index (χ3v) is 14.9. The summed E-state index contributed by atoms with van der Waals surface area (Å²) in [6.07, 6.45) is 0.575. The van der Waals surface area contributed by atoms with Gasteiger partial charge < -0.3 is 0 Å². The maximum atomic E-state index is 11.3. The first-order chi connectivity index (χ1) is 7.58. The van der Waals surface area contributed by atoms with Crippen molar-refractivity contribution in [3.05, 3.63) is 5.69 Å². The van der Waals surface area contributed by atoms with Gasteiger partial charge in [0.05, 0.1) is 0 Å². The standard InChI is InChI=1S/C7H5ClN2O2.2ClH.2Hg/c1-10-3-5(9-4-11)2-6(10)7(8)12;;;;/h4H,1H3,(H,9,11);2*1H;;/q;;;2*+1/p-2. The molecule has 1 aromatic rings. The number of halogens is 3. The van der Waals surface area contributed by atoms with Crippen LogP contribution in [0.2, 0.25) is 0 Å². The molecule has 1 amide bonds. The summed E-state index contributed by atoms with van der Waals surface area (Å²) in [7, 11) is 13.7. The summed E-state index contributed by atoms with van der Waals surface area (Å²) in [5, 5.41) is 2.05. The van der Waals surface area contributed by atoms with Crippen molar-refractivity contribution >= 4 is 51.7 Å². The summed E-state index contributed by atoms with van der Waals surface area (Å²) in [4.78, 5) is 21.8. The molecule has 4 nitrogen and oxygen atoms in total. The first-order valence-corrected chi connectivity index (χ1v) is 23.7. The molecular formula is C7H5Cl3Hg2N2O2. The van der Waals surface area contributed by atoms with Crippen LogP contribution in [0.15, 0.2) is 0 Å². The number of carbonyl (C=O) groups is 2. The van der Waals surface area contributed by atoms with E-state index in [1.165, 1.54) is 0 Å². The van der Waals surface area contributed by atoms with Crippen molar-refractivity contribution in [2.45, 2.75) is 0 Å². The van der Waals surface area contributed by atoms with Gasteiger partial charge in [-0.1, -0.05) is 0 Å². The molecule has 0 aliphatic rings. The van der Waals surface area contributed by atoms with Crippen LogP contribution in [0.25, 0.3) is 0 Å². The van der Waals surface area contributed by atoms with Gasteiger partial charge in [-0.3, -0.25) is 0 Å². The van der Waals surface area contributed by atoms with Crippen LogP contribution in [0.4, 0.5) is 5.69 Å². The van der Waals surface area contributed by atoms with Gasteiger partial charge in [-0.25, -0.2) is 0 Å². The molecule has 80 valence electrons. The second-order valence-corrected chi connectivity index (χ2v) is 15.5. The number of amides is 1. The third-order valence-electron chi connectivity index (χ3n) is 2.27. The van der Waals surface area contributed by atoms with E-state index in [2.05, 4.69) is 5.32 Å². The molecule has 0 saturated carbocycles. The monoisotopic (exact) mass is 658 g/mol. The van der Waals surface area contributed by atoms with Crippen LogP contribution in [0.3, 0.4) is 0 Å². The van der Waals surface area contributed by atoms with E-state index >= 15 is 0 Å². The molecule has 0 aliphatic heterocycles. The fourth-order valence-electron chi connectivity index (χ4n) is 1.56. The fourth-order valence-corrected chi connectivity index (χ4v) is 17.9. The Morgan fingerprint density at radius 1 is 1.44 bits per heavy atom. The summed E-state index contributed by atoms with van der Waals surface area (Å²) >= 11 is 1.85. The topological polar surface area (TPSA) is 51.1 Å². The van der Waals surface area contributed by atoms with Gasteiger partial charge in [0.15, 0.2) is 0 Å². The Morgan fingerprint density at radius 3 is 2.44 bits per heavy atom. The Hall–Kier alpha value is 1.16. The summed E-state index contributed by atoms with van der Waals surface area (Å²) in [5.74, 6) is 0. The number of hydrogen-bond donors (Lipinski definition) is 1. The second-order valence-electron chi connectivity index (χ2n) is 3.01. The molecule has 0 saturated heterocycles. The second kappa shape index (κ2) is 6.92. The van der Waals surface area contributed by atoms with Gasteiger partial charge in [-0.05, 0) is 0 Å². The summed E-state index contributed by atoms with van der Waals surface area (Å²) in [5.41, 5.74) is 1.05. The van der Waals surface area contributed by atoms with Crippen LogP contribution in [0.1, 0.15) is 10.5 Å². The molecule has 0 aromatic carbocycles. The predicted octanol–water partition coefficient (Wildman–Crippen LogP) is 0.696. The van der Waals surface area contributed by atoms with Crippen LogP contribution in [0, 0.1) is 0 Å². The van der Waals surface area contributed by atoms with Gasteiger partial charge in [0.2, 0.25) is 0 Å². The van der Waals surface area contributed by atoms with Crippen molar-refractivity contribution in [2.75, 3.05) is 5.32 Å². The molecule has 0 atom stereocenters. The molecule has 0 spiro atoms. The van der Waals surface area contributed by atoms with Crippen molar-refractivity contribution < 1.29 is 56.3 Å². The number of carbonyl (C=O) groups excluding carboxylic acids is 2. The summed E-state index contributed by atoms with van der Waals surface area (Å²) < 4.78 is 3.31. The van der Waals surface area contributed by atoms with Gasteiger partial charge in [0.25, 0.3) is 0 Å². The van der Waals surface area contributed by atoms with Gasteiger partial charge in [0.1, 0.15) is 0 Å². The number of anilines is 1. The van der Waals surface area contributed by atoms with Crippen molar-refractivity contribution in [3.63, 3.8) is 0 Å². The number of rotatable bonds is 5. The minimum atomic E-state index is -1.88. The van der Waals surface area contributed by atoms with Gasteiger partial charge in [0, 0.05) is 0 Å². The van der Waals surface area contributed by atoms with E-state index in [9.17, 15) is 9.59 Å². The zero-order chi connectivity index (χ0) is 12.3. The number of hydrogen-bond acceptors (Lipinski definition) is 2. The van der Waals surface area contributed by atoms with Crippen LogP contribution in [0.5, 0.6) is 0 Å². The molecule has 0 radical (unpaired) electrons. The Bertz CT molecular complexity index is 436. The Labute approximate surface area is 129 Å². The van der Waals surface area contributed by atoms with Crippen molar-refractivity contribution in [2.24, 2.45) is 7.05 Å². The van der Waals surface area contributed by atoms with E-state index in [4.69, 9.17) is 28.1 Å². The number of nitrogens with zero attached hydrogens (tertiary/aromatic N) is 1. The Kier molecular flexibility index (Phi) is 6.59. The molecule has 0 aliphatic carbocycles. The number of aromatic nitrogens is 1. The van der Waals surface area contributed by atoms with E-state index in [0.29, 0.717) is 17.8 Å². The van der Waals surface area contributed by atoms with E-state index in [1.54, 1.807) is 11.6 Å². The fraction of sp³-hybridized carbons (Fsp3) is 0.143. The molecular weight excluding hydrogens is 652 g/mol. The van der Waals surface area contributed by atoms with Crippen LogP contribution in [-0.2, 0) is 58.5 Å². The first kappa shape index (κ1) is 15.2. The molecule has 0 unspecified atom stereocenters.